The van der Waals surface area contributed by atoms with Gasteiger partial charge in [0.15, 0.2) is 12.4 Å². The number of hydrogen-bond donors (Lipinski definition) is 1. The number of benzene rings is 1. The van der Waals surface area contributed by atoms with Crippen molar-refractivity contribution >= 4 is 17.5 Å². The third kappa shape index (κ3) is 4.28. The van der Waals surface area contributed by atoms with Crippen LogP contribution in [-0.4, -0.2) is 16.1 Å². The molecule has 2 N–H and O–H groups in total. The molecule has 8 heteroatoms. The molecule has 3 aromatic rings. The second-order valence-corrected chi connectivity index (χ2v) is 4.95. The van der Waals surface area contributed by atoms with Crippen molar-refractivity contribution in [3.05, 3.63) is 65.3 Å². The van der Waals surface area contributed by atoms with Crippen LogP contribution in [0.2, 0.25) is 5.02 Å². The topological polar surface area (TPSA) is 82.2 Å². The van der Waals surface area contributed by atoms with Crippen LogP contribution in [-0.2, 0) is 6.54 Å². The van der Waals surface area contributed by atoms with Gasteiger partial charge in [0.2, 0.25) is 5.89 Å². The molecule has 0 radical (unpaired) electrons. The fourth-order valence-electron chi connectivity index (χ4n) is 1.82. The fraction of sp³-hybridized carbons (Fsp3) is 0.0667. The van der Waals surface area contributed by atoms with Crippen LogP contribution in [0.15, 0.2) is 53.2 Å². The Kier molecular flexibility index (Phi) is 5.67. The highest BCUT2D eigenvalue weighted by molar-refractivity contribution is 6.30. The van der Waals surface area contributed by atoms with Crippen molar-refractivity contribution in [3.63, 3.8) is 0 Å². The number of pyridine rings is 1. The molecule has 0 aliphatic heterocycles. The zero-order valence-corrected chi connectivity index (χ0v) is 13.3. The van der Waals surface area contributed by atoms with Crippen LogP contribution in [0, 0.1) is 0 Å². The van der Waals surface area contributed by atoms with Gasteiger partial charge >= 0.3 is 11.8 Å². The number of nitrogens with zero attached hydrogens (tertiary/aromatic N) is 2. The summed E-state index contributed by atoms with van der Waals surface area (Å²) in [5, 5.41) is 11.0. The Bertz CT molecular complexity index is 776. The summed E-state index contributed by atoms with van der Waals surface area (Å²) in [6, 6.07) is 10.7. The minimum atomic E-state index is -0.416. The van der Waals surface area contributed by atoms with Gasteiger partial charge in [-0.15, -0.1) is 10.2 Å². The first kappa shape index (κ1) is 16.9. The maximum atomic E-state index is 12.0. The van der Waals surface area contributed by atoms with E-state index in [2.05, 4.69) is 20.5 Å². The summed E-state index contributed by atoms with van der Waals surface area (Å²) in [6.07, 6.45) is 3.57. The van der Waals surface area contributed by atoms with Crippen LogP contribution in [0.3, 0.4) is 0 Å². The van der Waals surface area contributed by atoms with E-state index in [0.29, 0.717) is 17.1 Å². The van der Waals surface area contributed by atoms with Crippen LogP contribution in [0.5, 0.6) is 0 Å². The maximum Gasteiger partial charge on any atom is 0.309 e. The highest BCUT2D eigenvalue weighted by atomic mass is 35.5. The maximum absolute atomic E-state index is 12.0. The smallest absolute Gasteiger partial charge is 0.309 e. The van der Waals surface area contributed by atoms with Gasteiger partial charge in [0.1, 0.15) is 0 Å². The van der Waals surface area contributed by atoms with Crippen molar-refractivity contribution in [2.45, 2.75) is 6.54 Å². The van der Waals surface area contributed by atoms with Crippen LogP contribution in [0.4, 0.5) is 0 Å². The summed E-state index contributed by atoms with van der Waals surface area (Å²) in [5.41, 5.74) is 1.67. The second kappa shape index (κ2) is 7.71. The van der Waals surface area contributed by atoms with E-state index in [4.69, 9.17) is 16.0 Å². The summed E-state index contributed by atoms with van der Waals surface area (Å²) >= 11 is 5.82. The summed E-state index contributed by atoms with van der Waals surface area (Å²) in [7, 11) is 0. The monoisotopic (exact) mass is 350 g/mol. The number of H-pyrrole nitrogens is 1. The molecule has 118 valence electrons. The SMILES string of the molecule is O=C(NCc1cc[nH+]cc1)c1nnc(-c2ccc(Cl)cc2)o1.[Cl-]. The fourth-order valence-corrected chi connectivity index (χ4v) is 1.95. The lowest BCUT2D eigenvalue weighted by Gasteiger charge is -2.00. The molecule has 0 spiro atoms. The van der Waals surface area contributed by atoms with Gasteiger partial charge in [-0.25, -0.2) is 4.98 Å². The van der Waals surface area contributed by atoms with Gasteiger partial charge in [-0.3, -0.25) is 4.79 Å². The molecule has 1 aromatic carbocycles. The number of amides is 1. The molecule has 1 amide bonds. The second-order valence-electron chi connectivity index (χ2n) is 4.51. The van der Waals surface area contributed by atoms with Gasteiger partial charge in [-0.05, 0) is 29.8 Å². The molecule has 0 bridgehead atoms. The Morgan fingerprint density at radius 2 is 1.83 bits per heavy atom. The molecule has 6 nitrogen and oxygen atoms in total. The minimum absolute atomic E-state index is 0. The van der Waals surface area contributed by atoms with Gasteiger partial charge in [0, 0.05) is 29.3 Å². The molecule has 23 heavy (non-hydrogen) atoms. The summed E-state index contributed by atoms with van der Waals surface area (Å²) in [5.74, 6) is -0.218. The van der Waals surface area contributed by atoms with Crippen LogP contribution in [0.1, 0.15) is 16.2 Å². The predicted molar refractivity (Wildman–Crippen MR) is 78.9 cm³/mol. The van der Waals surface area contributed by atoms with Crippen molar-refractivity contribution in [1.29, 1.82) is 0 Å². The third-order valence-electron chi connectivity index (χ3n) is 2.95. The van der Waals surface area contributed by atoms with E-state index in [0.717, 1.165) is 5.56 Å². The van der Waals surface area contributed by atoms with Crippen molar-refractivity contribution in [3.8, 4) is 11.5 Å². The lowest BCUT2D eigenvalue weighted by Crippen LogP contribution is -3.00. The summed E-state index contributed by atoms with van der Waals surface area (Å²) in [4.78, 5) is 14.9. The molecule has 0 aliphatic carbocycles. The number of hydrogen-bond acceptors (Lipinski definition) is 4. The van der Waals surface area contributed by atoms with Crippen molar-refractivity contribution in [2.24, 2.45) is 0 Å². The van der Waals surface area contributed by atoms with E-state index in [1.54, 1.807) is 36.7 Å². The Morgan fingerprint density at radius 3 is 2.52 bits per heavy atom. The third-order valence-corrected chi connectivity index (χ3v) is 3.20. The molecule has 0 fully saturated rings. The van der Waals surface area contributed by atoms with Gasteiger partial charge in [-0.2, -0.15) is 0 Å². The number of halogens is 2. The van der Waals surface area contributed by atoms with Crippen LogP contribution < -0.4 is 22.7 Å². The molecule has 0 saturated heterocycles. The molecular weight excluding hydrogens is 339 g/mol. The average molecular weight is 351 g/mol. The number of carbonyl (C=O) groups is 1. The number of carbonyl (C=O) groups excluding carboxylic acids is 1. The van der Waals surface area contributed by atoms with Crippen LogP contribution >= 0.6 is 11.6 Å². The molecule has 0 aliphatic rings. The molecule has 2 heterocycles. The molecular formula is C15H12Cl2N4O2. The highest BCUT2D eigenvalue weighted by Crippen LogP contribution is 2.20. The number of aromatic nitrogens is 3. The Morgan fingerprint density at radius 1 is 1.13 bits per heavy atom. The van der Waals surface area contributed by atoms with Gasteiger partial charge in [0.25, 0.3) is 0 Å². The van der Waals surface area contributed by atoms with Crippen molar-refractivity contribution < 1.29 is 26.6 Å². The minimum Gasteiger partial charge on any atom is -1.00 e. The van der Waals surface area contributed by atoms with Gasteiger partial charge < -0.3 is 22.1 Å². The standard InChI is InChI=1S/C15H11ClN4O2.ClH/c16-12-3-1-11(2-4-12)14-19-20-15(22-14)13(21)18-9-10-5-7-17-8-6-10;/h1-8H,9H2,(H,18,21);1H. The van der Waals surface area contributed by atoms with E-state index in [1.807, 2.05) is 12.1 Å². The lowest BCUT2D eigenvalue weighted by molar-refractivity contribution is -0.378. The largest absolute Gasteiger partial charge is 1.00 e. The zero-order chi connectivity index (χ0) is 15.4. The Balaban J connectivity index is 0.00000192. The summed E-state index contributed by atoms with van der Waals surface area (Å²) < 4.78 is 5.38. The Labute approximate surface area is 143 Å². The number of rotatable bonds is 4. The molecule has 3 rings (SSSR count). The van der Waals surface area contributed by atoms with Gasteiger partial charge in [-0.1, -0.05) is 11.6 Å². The average Bonchev–Trinajstić information content (AvgIpc) is 3.04. The predicted octanol–water partition coefficient (Wildman–Crippen LogP) is -0.862. The summed E-state index contributed by atoms with van der Waals surface area (Å²) in [6.45, 7) is 0.381. The molecule has 2 aromatic heterocycles. The first-order valence-corrected chi connectivity index (χ1v) is 6.93. The Hall–Kier alpha value is -2.44. The molecule has 0 saturated carbocycles. The molecule has 0 atom stereocenters. The van der Waals surface area contributed by atoms with Gasteiger partial charge in [0.05, 0.1) is 0 Å². The van der Waals surface area contributed by atoms with E-state index >= 15 is 0 Å². The zero-order valence-electron chi connectivity index (χ0n) is 11.8. The quantitative estimate of drug-likeness (QED) is 0.663. The van der Waals surface area contributed by atoms with E-state index in [9.17, 15) is 4.79 Å². The highest BCUT2D eigenvalue weighted by Gasteiger charge is 2.15. The number of aromatic amines is 1. The molecule has 0 unspecified atom stereocenters. The number of nitrogens with one attached hydrogen (secondary N) is 2. The van der Waals surface area contributed by atoms with Crippen molar-refractivity contribution in [1.82, 2.24) is 15.5 Å². The normalized spacial score (nSPS) is 9.96. The van der Waals surface area contributed by atoms with Crippen LogP contribution in [0.25, 0.3) is 11.5 Å². The first-order valence-electron chi connectivity index (χ1n) is 6.55. The van der Waals surface area contributed by atoms with E-state index in [-0.39, 0.29) is 24.2 Å². The van der Waals surface area contributed by atoms with Crippen molar-refractivity contribution in [2.75, 3.05) is 0 Å². The lowest BCUT2D eigenvalue weighted by atomic mass is 10.2. The van der Waals surface area contributed by atoms with E-state index in [1.165, 1.54) is 0 Å². The van der Waals surface area contributed by atoms with E-state index < -0.39 is 5.91 Å². The first-order chi connectivity index (χ1) is 10.7.